The molecule has 1 aliphatic rings. The van der Waals surface area contributed by atoms with Gasteiger partial charge in [0.2, 0.25) is 5.43 Å². The van der Waals surface area contributed by atoms with Crippen molar-refractivity contribution >= 4 is 5.91 Å². The summed E-state index contributed by atoms with van der Waals surface area (Å²) in [6.07, 6.45) is -5.14. The van der Waals surface area contributed by atoms with Gasteiger partial charge in [-0.2, -0.15) is 18.3 Å². The molecule has 2 aromatic carbocycles. The fourth-order valence-corrected chi connectivity index (χ4v) is 3.30. The van der Waals surface area contributed by atoms with Gasteiger partial charge in [-0.1, -0.05) is 24.3 Å². The van der Waals surface area contributed by atoms with E-state index in [2.05, 4.69) is 10.4 Å². The number of rotatable bonds is 4. The first kappa shape index (κ1) is 21.4. The van der Waals surface area contributed by atoms with E-state index in [1.807, 2.05) is 0 Å². The van der Waals surface area contributed by atoms with Gasteiger partial charge in [0.15, 0.2) is 17.2 Å². The minimum Gasteiger partial charge on any atom is -0.486 e. The van der Waals surface area contributed by atoms with Crippen molar-refractivity contribution in [1.82, 2.24) is 15.1 Å². The largest absolute Gasteiger partial charge is 0.486 e. The van der Waals surface area contributed by atoms with Crippen LogP contribution in [0.3, 0.4) is 0 Å². The van der Waals surface area contributed by atoms with Crippen molar-refractivity contribution in [3.05, 3.63) is 81.8 Å². The van der Waals surface area contributed by atoms with Gasteiger partial charge < -0.3 is 14.8 Å². The van der Waals surface area contributed by atoms with Crippen molar-refractivity contribution in [2.24, 2.45) is 0 Å². The quantitative estimate of drug-likeness (QED) is 0.667. The Kier molecular flexibility index (Phi) is 5.60. The molecule has 4 rings (SSSR count). The highest BCUT2D eigenvalue weighted by atomic mass is 19.4. The van der Waals surface area contributed by atoms with Gasteiger partial charge in [0.05, 0.1) is 17.8 Å². The molecule has 1 aromatic heterocycles. The SMILES string of the molecule is Cc1cc(=O)c(C(=O)NCC2COc3ccccc3O2)nn1-c1ccccc1C(F)(F)F. The summed E-state index contributed by atoms with van der Waals surface area (Å²) in [5.41, 5.74) is -2.29. The molecule has 7 nitrogen and oxygen atoms in total. The van der Waals surface area contributed by atoms with Crippen LogP contribution in [0.25, 0.3) is 5.69 Å². The van der Waals surface area contributed by atoms with Crippen LogP contribution in [0.1, 0.15) is 21.7 Å². The minimum absolute atomic E-state index is 0.0152. The number of ether oxygens (including phenoxy) is 2. The molecule has 32 heavy (non-hydrogen) atoms. The topological polar surface area (TPSA) is 82.5 Å². The molecule has 166 valence electrons. The number of amides is 1. The zero-order chi connectivity index (χ0) is 22.9. The number of nitrogens with zero attached hydrogens (tertiary/aromatic N) is 2. The van der Waals surface area contributed by atoms with Crippen molar-refractivity contribution in [2.45, 2.75) is 19.2 Å². The number of carbonyl (C=O) groups excluding carboxylic acids is 1. The third-order valence-electron chi connectivity index (χ3n) is 4.82. The second-order valence-electron chi connectivity index (χ2n) is 7.13. The van der Waals surface area contributed by atoms with E-state index in [0.717, 1.165) is 16.8 Å². The molecule has 0 fully saturated rings. The van der Waals surface area contributed by atoms with Crippen LogP contribution in [0.2, 0.25) is 0 Å². The van der Waals surface area contributed by atoms with Crippen molar-refractivity contribution in [1.29, 1.82) is 0 Å². The summed E-state index contributed by atoms with van der Waals surface area (Å²) < 4.78 is 52.5. The highest BCUT2D eigenvalue weighted by molar-refractivity contribution is 5.92. The second kappa shape index (κ2) is 8.37. The fourth-order valence-electron chi connectivity index (χ4n) is 3.30. The Morgan fingerprint density at radius 2 is 1.84 bits per heavy atom. The lowest BCUT2D eigenvalue weighted by Gasteiger charge is -2.26. The monoisotopic (exact) mass is 445 g/mol. The van der Waals surface area contributed by atoms with E-state index < -0.39 is 34.9 Å². The van der Waals surface area contributed by atoms with E-state index in [1.54, 1.807) is 24.3 Å². The molecule has 0 saturated heterocycles. The first-order chi connectivity index (χ1) is 15.2. The smallest absolute Gasteiger partial charge is 0.418 e. The van der Waals surface area contributed by atoms with Crippen LogP contribution in [0.4, 0.5) is 13.2 Å². The summed E-state index contributed by atoms with van der Waals surface area (Å²) in [7, 11) is 0. The van der Waals surface area contributed by atoms with Crippen LogP contribution in [0, 0.1) is 6.92 Å². The van der Waals surface area contributed by atoms with Crippen LogP contribution in [-0.4, -0.2) is 34.9 Å². The summed E-state index contributed by atoms with van der Waals surface area (Å²) in [5, 5.41) is 6.48. The summed E-state index contributed by atoms with van der Waals surface area (Å²) >= 11 is 0. The molecule has 0 radical (unpaired) electrons. The lowest BCUT2D eigenvalue weighted by Crippen LogP contribution is -2.42. The van der Waals surface area contributed by atoms with E-state index in [9.17, 15) is 22.8 Å². The summed E-state index contributed by atoms with van der Waals surface area (Å²) in [5.74, 6) is 0.287. The average molecular weight is 445 g/mol. The van der Waals surface area contributed by atoms with Crippen molar-refractivity contribution in [3.63, 3.8) is 0 Å². The number of aryl methyl sites for hydroxylation is 1. The zero-order valence-corrected chi connectivity index (χ0v) is 16.8. The third kappa shape index (κ3) is 4.29. The van der Waals surface area contributed by atoms with Crippen LogP contribution in [0.15, 0.2) is 59.4 Å². The number of benzene rings is 2. The summed E-state index contributed by atoms with van der Waals surface area (Å²) in [6, 6.07) is 12.9. The molecule has 1 atom stereocenters. The molecule has 2 heterocycles. The number of aromatic nitrogens is 2. The number of nitrogens with one attached hydrogen (secondary N) is 1. The van der Waals surface area contributed by atoms with Crippen molar-refractivity contribution in [2.75, 3.05) is 13.2 Å². The normalized spacial score (nSPS) is 15.3. The van der Waals surface area contributed by atoms with E-state index in [-0.39, 0.29) is 24.5 Å². The first-order valence-electron chi connectivity index (χ1n) is 9.68. The van der Waals surface area contributed by atoms with Crippen LogP contribution in [0.5, 0.6) is 11.5 Å². The molecule has 1 amide bonds. The Morgan fingerprint density at radius 1 is 1.16 bits per heavy atom. The van der Waals surface area contributed by atoms with E-state index in [0.29, 0.717) is 11.5 Å². The van der Waals surface area contributed by atoms with Gasteiger partial charge in [-0.25, -0.2) is 4.68 Å². The van der Waals surface area contributed by atoms with E-state index >= 15 is 0 Å². The molecule has 3 aromatic rings. The number of para-hydroxylation sites is 3. The zero-order valence-electron chi connectivity index (χ0n) is 16.8. The molecule has 1 aliphatic heterocycles. The van der Waals surface area contributed by atoms with Gasteiger partial charge >= 0.3 is 6.18 Å². The molecule has 0 bridgehead atoms. The number of hydrogen-bond acceptors (Lipinski definition) is 5. The minimum atomic E-state index is -4.63. The number of halogens is 3. The Hall–Kier alpha value is -3.82. The Bertz CT molecular complexity index is 1220. The first-order valence-corrected chi connectivity index (χ1v) is 9.68. The third-order valence-corrected chi connectivity index (χ3v) is 4.82. The molecular weight excluding hydrogens is 427 g/mol. The molecule has 1 unspecified atom stereocenters. The standard InChI is InChI=1S/C22H18F3N3O4/c1-13-10-17(29)20(27-28(13)16-7-3-2-6-15(16)22(23,24)25)21(30)26-11-14-12-31-18-8-4-5-9-19(18)32-14/h2-10,14H,11-12H2,1H3,(H,26,30). The maximum absolute atomic E-state index is 13.4. The van der Waals surface area contributed by atoms with Crippen LogP contribution >= 0.6 is 0 Å². The lowest BCUT2D eigenvalue weighted by atomic mass is 10.1. The molecule has 0 saturated carbocycles. The number of hydrogen-bond donors (Lipinski definition) is 1. The lowest BCUT2D eigenvalue weighted by molar-refractivity contribution is -0.137. The Morgan fingerprint density at radius 3 is 2.59 bits per heavy atom. The van der Waals surface area contributed by atoms with E-state index in [1.165, 1.54) is 25.1 Å². The van der Waals surface area contributed by atoms with Crippen molar-refractivity contribution in [3.8, 4) is 17.2 Å². The molecule has 10 heteroatoms. The van der Waals surface area contributed by atoms with Gasteiger partial charge in [-0.15, -0.1) is 0 Å². The fraction of sp³-hybridized carbons (Fsp3) is 0.227. The molecule has 0 spiro atoms. The Labute approximate surface area is 180 Å². The van der Waals surface area contributed by atoms with Gasteiger partial charge in [-0.3, -0.25) is 9.59 Å². The predicted octanol–water partition coefficient (Wildman–Crippen LogP) is 3.13. The average Bonchev–Trinajstić information content (AvgIpc) is 2.77. The van der Waals surface area contributed by atoms with Crippen LogP contribution < -0.4 is 20.2 Å². The number of fused-ring (bicyclic) bond motifs is 1. The molecular formula is C22H18F3N3O4. The van der Waals surface area contributed by atoms with Gasteiger partial charge in [-0.05, 0) is 31.2 Å². The van der Waals surface area contributed by atoms with E-state index in [4.69, 9.17) is 9.47 Å². The summed E-state index contributed by atoms with van der Waals surface area (Å²) in [6.45, 7) is 1.64. The van der Waals surface area contributed by atoms with Gasteiger partial charge in [0, 0.05) is 11.8 Å². The predicted molar refractivity (Wildman–Crippen MR) is 108 cm³/mol. The highest BCUT2D eigenvalue weighted by Crippen LogP contribution is 2.33. The van der Waals surface area contributed by atoms with Gasteiger partial charge in [0.25, 0.3) is 5.91 Å². The maximum Gasteiger partial charge on any atom is 0.418 e. The van der Waals surface area contributed by atoms with Gasteiger partial charge in [0.1, 0.15) is 12.7 Å². The number of alkyl halides is 3. The van der Waals surface area contributed by atoms with Crippen molar-refractivity contribution < 1.29 is 27.4 Å². The second-order valence-corrected chi connectivity index (χ2v) is 7.13. The molecule has 1 N–H and O–H groups in total. The maximum atomic E-state index is 13.4. The Balaban J connectivity index is 1.56. The molecule has 0 aliphatic carbocycles. The highest BCUT2D eigenvalue weighted by Gasteiger charge is 2.34. The number of carbonyl (C=O) groups is 1. The van der Waals surface area contributed by atoms with Crippen LogP contribution in [-0.2, 0) is 6.18 Å². The summed E-state index contributed by atoms with van der Waals surface area (Å²) in [4.78, 5) is 25.0.